The van der Waals surface area contributed by atoms with E-state index in [2.05, 4.69) is 9.80 Å². The fourth-order valence-corrected chi connectivity index (χ4v) is 3.32. The molecule has 1 aromatic carbocycles. The highest BCUT2D eigenvalue weighted by Gasteiger charge is 2.30. The maximum Gasteiger partial charge on any atom is 0.337 e. The molecule has 0 amide bonds. The van der Waals surface area contributed by atoms with Crippen LogP contribution >= 0.6 is 0 Å². The van der Waals surface area contributed by atoms with Crippen LogP contribution in [-0.4, -0.2) is 55.1 Å². The standard InChI is InChI=1S/C16H22N2O2/c1-20-16(19)14-6-4-13(5-7-14)11-17-9-10-18-8-2-3-15(18)12-17/h4-7,15H,2-3,8-12H2,1H3. The summed E-state index contributed by atoms with van der Waals surface area (Å²) in [7, 11) is 1.41. The minimum Gasteiger partial charge on any atom is -0.465 e. The molecular weight excluding hydrogens is 252 g/mol. The SMILES string of the molecule is COC(=O)c1ccc(CN2CCN3CCCC3C2)cc1. The number of piperazine rings is 1. The van der Waals surface area contributed by atoms with Gasteiger partial charge in [0.1, 0.15) is 0 Å². The van der Waals surface area contributed by atoms with Crippen molar-refractivity contribution in [3.05, 3.63) is 35.4 Å². The Balaban J connectivity index is 1.59. The van der Waals surface area contributed by atoms with Crippen molar-refractivity contribution >= 4 is 5.97 Å². The largest absolute Gasteiger partial charge is 0.465 e. The van der Waals surface area contributed by atoms with Crippen molar-refractivity contribution in [2.75, 3.05) is 33.3 Å². The summed E-state index contributed by atoms with van der Waals surface area (Å²) in [5.41, 5.74) is 1.89. The highest BCUT2D eigenvalue weighted by molar-refractivity contribution is 5.89. The molecule has 2 saturated heterocycles. The number of hydrogen-bond donors (Lipinski definition) is 0. The number of ether oxygens (including phenoxy) is 1. The summed E-state index contributed by atoms with van der Waals surface area (Å²) in [6.07, 6.45) is 2.70. The predicted octanol–water partition coefficient (Wildman–Crippen LogP) is 1.75. The lowest BCUT2D eigenvalue weighted by molar-refractivity contribution is 0.0600. The molecule has 0 saturated carbocycles. The van der Waals surface area contributed by atoms with Crippen LogP contribution in [0.1, 0.15) is 28.8 Å². The number of rotatable bonds is 3. The third-order valence-corrected chi connectivity index (χ3v) is 4.45. The van der Waals surface area contributed by atoms with E-state index in [1.807, 2.05) is 24.3 Å². The summed E-state index contributed by atoms with van der Waals surface area (Å²) in [6.45, 7) is 5.79. The Hall–Kier alpha value is -1.39. The van der Waals surface area contributed by atoms with E-state index >= 15 is 0 Å². The Morgan fingerprint density at radius 1 is 1.25 bits per heavy atom. The molecule has 108 valence electrons. The smallest absolute Gasteiger partial charge is 0.337 e. The number of methoxy groups -OCH3 is 1. The molecule has 1 aromatic rings. The highest BCUT2D eigenvalue weighted by Crippen LogP contribution is 2.22. The maximum absolute atomic E-state index is 11.4. The van der Waals surface area contributed by atoms with Gasteiger partial charge < -0.3 is 4.74 Å². The first-order chi connectivity index (χ1) is 9.76. The lowest BCUT2D eigenvalue weighted by atomic mass is 10.1. The molecule has 2 fully saturated rings. The van der Waals surface area contributed by atoms with E-state index in [1.165, 1.54) is 45.1 Å². The normalized spacial score (nSPS) is 23.6. The van der Waals surface area contributed by atoms with Crippen molar-refractivity contribution in [1.82, 2.24) is 9.80 Å². The molecule has 0 spiro atoms. The van der Waals surface area contributed by atoms with Crippen LogP contribution in [0.25, 0.3) is 0 Å². The second-order valence-corrected chi connectivity index (χ2v) is 5.76. The van der Waals surface area contributed by atoms with Crippen LogP contribution < -0.4 is 0 Å². The van der Waals surface area contributed by atoms with Gasteiger partial charge in [0.25, 0.3) is 0 Å². The predicted molar refractivity (Wildman–Crippen MR) is 77.7 cm³/mol. The van der Waals surface area contributed by atoms with Crippen LogP contribution in [0.4, 0.5) is 0 Å². The lowest BCUT2D eigenvalue weighted by Crippen LogP contribution is -2.49. The Morgan fingerprint density at radius 2 is 2.05 bits per heavy atom. The summed E-state index contributed by atoms with van der Waals surface area (Å²) in [6, 6.07) is 8.54. The van der Waals surface area contributed by atoms with E-state index < -0.39 is 0 Å². The van der Waals surface area contributed by atoms with Gasteiger partial charge in [0.15, 0.2) is 0 Å². The van der Waals surface area contributed by atoms with Crippen LogP contribution in [0, 0.1) is 0 Å². The molecule has 4 heteroatoms. The molecule has 3 rings (SSSR count). The number of carbonyl (C=O) groups excluding carboxylic acids is 1. The molecule has 0 N–H and O–H groups in total. The summed E-state index contributed by atoms with van der Waals surface area (Å²) < 4.78 is 4.72. The van der Waals surface area contributed by atoms with Crippen LogP contribution in [-0.2, 0) is 11.3 Å². The minimum absolute atomic E-state index is 0.267. The van der Waals surface area contributed by atoms with Gasteiger partial charge in [0, 0.05) is 32.2 Å². The van der Waals surface area contributed by atoms with Gasteiger partial charge in [-0.25, -0.2) is 4.79 Å². The second kappa shape index (κ2) is 5.94. The first-order valence-electron chi connectivity index (χ1n) is 7.40. The van der Waals surface area contributed by atoms with Gasteiger partial charge in [0.05, 0.1) is 12.7 Å². The molecular formula is C16H22N2O2. The number of carbonyl (C=O) groups is 1. The zero-order chi connectivity index (χ0) is 13.9. The van der Waals surface area contributed by atoms with Gasteiger partial charge in [-0.1, -0.05) is 12.1 Å². The molecule has 1 atom stereocenters. The molecule has 0 aliphatic carbocycles. The molecule has 2 aliphatic rings. The Morgan fingerprint density at radius 3 is 2.80 bits per heavy atom. The van der Waals surface area contributed by atoms with Gasteiger partial charge in [0.2, 0.25) is 0 Å². The van der Waals surface area contributed by atoms with E-state index in [-0.39, 0.29) is 5.97 Å². The van der Waals surface area contributed by atoms with Crippen molar-refractivity contribution in [1.29, 1.82) is 0 Å². The summed E-state index contributed by atoms with van der Waals surface area (Å²) in [5, 5.41) is 0. The Labute approximate surface area is 120 Å². The minimum atomic E-state index is -0.267. The van der Waals surface area contributed by atoms with Gasteiger partial charge in [-0.05, 0) is 37.1 Å². The molecule has 0 aromatic heterocycles. The monoisotopic (exact) mass is 274 g/mol. The third-order valence-electron chi connectivity index (χ3n) is 4.45. The topological polar surface area (TPSA) is 32.8 Å². The third kappa shape index (κ3) is 2.86. The number of esters is 1. The Bertz CT molecular complexity index is 472. The van der Waals surface area contributed by atoms with Crippen LogP contribution in [0.2, 0.25) is 0 Å². The van der Waals surface area contributed by atoms with Crippen LogP contribution in [0.5, 0.6) is 0 Å². The molecule has 4 nitrogen and oxygen atoms in total. The summed E-state index contributed by atoms with van der Waals surface area (Å²) in [5.74, 6) is -0.267. The van der Waals surface area contributed by atoms with Gasteiger partial charge in [-0.2, -0.15) is 0 Å². The average Bonchev–Trinajstić information content (AvgIpc) is 2.95. The lowest BCUT2D eigenvalue weighted by Gasteiger charge is -2.37. The van der Waals surface area contributed by atoms with Crippen molar-refractivity contribution in [2.24, 2.45) is 0 Å². The van der Waals surface area contributed by atoms with E-state index in [1.54, 1.807) is 0 Å². The van der Waals surface area contributed by atoms with Crippen molar-refractivity contribution in [3.63, 3.8) is 0 Å². The molecule has 2 heterocycles. The fourth-order valence-electron chi connectivity index (χ4n) is 3.32. The van der Waals surface area contributed by atoms with Crippen LogP contribution in [0.15, 0.2) is 24.3 Å². The number of fused-ring (bicyclic) bond motifs is 1. The fraction of sp³-hybridized carbons (Fsp3) is 0.562. The van der Waals surface area contributed by atoms with E-state index in [0.717, 1.165) is 19.1 Å². The van der Waals surface area contributed by atoms with Crippen molar-refractivity contribution < 1.29 is 9.53 Å². The Kier molecular flexibility index (Phi) is 4.03. The second-order valence-electron chi connectivity index (χ2n) is 5.76. The molecule has 20 heavy (non-hydrogen) atoms. The first kappa shape index (κ1) is 13.6. The number of nitrogens with zero attached hydrogens (tertiary/aromatic N) is 2. The van der Waals surface area contributed by atoms with Crippen molar-refractivity contribution in [3.8, 4) is 0 Å². The average molecular weight is 274 g/mol. The van der Waals surface area contributed by atoms with Gasteiger partial charge in [-0.15, -0.1) is 0 Å². The van der Waals surface area contributed by atoms with E-state index in [9.17, 15) is 4.79 Å². The summed E-state index contributed by atoms with van der Waals surface area (Å²) in [4.78, 5) is 16.6. The van der Waals surface area contributed by atoms with Gasteiger partial charge >= 0.3 is 5.97 Å². The highest BCUT2D eigenvalue weighted by atomic mass is 16.5. The number of benzene rings is 1. The molecule has 0 bridgehead atoms. The molecule has 1 unspecified atom stereocenters. The quantitative estimate of drug-likeness (QED) is 0.786. The van der Waals surface area contributed by atoms with E-state index in [0.29, 0.717) is 5.56 Å². The maximum atomic E-state index is 11.4. The summed E-state index contributed by atoms with van der Waals surface area (Å²) >= 11 is 0. The number of hydrogen-bond acceptors (Lipinski definition) is 4. The van der Waals surface area contributed by atoms with Crippen molar-refractivity contribution in [2.45, 2.75) is 25.4 Å². The van der Waals surface area contributed by atoms with Gasteiger partial charge in [-0.3, -0.25) is 9.80 Å². The zero-order valence-electron chi connectivity index (χ0n) is 12.0. The van der Waals surface area contributed by atoms with Crippen LogP contribution in [0.3, 0.4) is 0 Å². The molecule has 2 aliphatic heterocycles. The first-order valence-corrected chi connectivity index (χ1v) is 7.40. The molecule has 0 radical (unpaired) electrons. The van der Waals surface area contributed by atoms with E-state index in [4.69, 9.17) is 4.74 Å². The zero-order valence-corrected chi connectivity index (χ0v) is 12.0.